The average Bonchev–Trinajstić information content (AvgIpc) is 3.29. The fraction of sp³-hybridized carbons (Fsp3) is 0.522. The number of piperazine rings is 1. The summed E-state index contributed by atoms with van der Waals surface area (Å²) >= 11 is 0. The molecule has 0 unspecified atom stereocenters. The first-order chi connectivity index (χ1) is 14.7. The SMILES string of the molecule is CN=C(NCCCOCc1ccco1)NCc1ccc(CN2CCN(C)CC2)cc1. The standard InChI is InChI=1S/C23H35N5O2/c1-24-23(25-10-4-15-29-19-22-5-3-16-30-22)26-17-20-6-8-21(9-7-20)18-28-13-11-27(2)12-14-28/h3,5-9,16H,4,10-15,17-19H2,1-2H3,(H2,24,25,26). The van der Waals surface area contributed by atoms with E-state index in [2.05, 4.69) is 56.7 Å². The van der Waals surface area contributed by atoms with Gasteiger partial charge in [0.1, 0.15) is 12.4 Å². The van der Waals surface area contributed by atoms with Gasteiger partial charge in [-0.2, -0.15) is 0 Å². The molecule has 0 radical (unpaired) electrons. The van der Waals surface area contributed by atoms with Crippen LogP contribution in [-0.4, -0.2) is 69.2 Å². The number of hydrogen-bond donors (Lipinski definition) is 2. The molecule has 3 rings (SSSR count). The van der Waals surface area contributed by atoms with Gasteiger partial charge in [0.05, 0.1) is 6.26 Å². The average molecular weight is 414 g/mol. The van der Waals surface area contributed by atoms with E-state index >= 15 is 0 Å². The van der Waals surface area contributed by atoms with Gasteiger partial charge in [-0.05, 0) is 36.7 Å². The molecule has 164 valence electrons. The van der Waals surface area contributed by atoms with Gasteiger partial charge in [0, 0.05) is 59.5 Å². The van der Waals surface area contributed by atoms with Crippen molar-refractivity contribution < 1.29 is 9.15 Å². The first-order valence-corrected chi connectivity index (χ1v) is 10.8. The van der Waals surface area contributed by atoms with Gasteiger partial charge in [-0.25, -0.2) is 0 Å². The quantitative estimate of drug-likeness (QED) is 0.354. The van der Waals surface area contributed by atoms with E-state index in [1.165, 1.54) is 11.1 Å². The highest BCUT2D eigenvalue weighted by Gasteiger charge is 2.13. The van der Waals surface area contributed by atoms with Gasteiger partial charge >= 0.3 is 0 Å². The number of nitrogens with one attached hydrogen (secondary N) is 2. The molecule has 7 nitrogen and oxygen atoms in total. The summed E-state index contributed by atoms with van der Waals surface area (Å²) in [5.41, 5.74) is 2.63. The Morgan fingerprint density at radius 3 is 2.53 bits per heavy atom. The molecule has 0 aliphatic carbocycles. The number of furan rings is 1. The molecule has 2 aromatic rings. The Balaban J connectivity index is 1.29. The van der Waals surface area contributed by atoms with Crippen molar-refractivity contribution in [1.29, 1.82) is 0 Å². The number of guanidine groups is 1. The van der Waals surface area contributed by atoms with Gasteiger partial charge in [-0.15, -0.1) is 0 Å². The summed E-state index contributed by atoms with van der Waals surface area (Å²) in [5, 5.41) is 6.70. The topological polar surface area (TPSA) is 65.3 Å². The zero-order valence-electron chi connectivity index (χ0n) is 18.3. The van der Waals surface area contributed by atoms with Crippen LogP contribution in [0.25, 0.3) is 0 Å². The van der Waals surface area contributed by atoms with Crippen molar-refractivity contribution in [1.82, 2.24) is 20.4 Å². The predicted molar refractivity (Wildman–Crippen MR) is 120 cm³/mol. The number of rotatable bonds is 10. The lowest BCUT2D eigenvalue weighted by Crippen LogP contribution is -2.43. The van der Waals surface area contributed by atoms with Crippen LogP contribution in [0.4, 0.5) is 0 Å². The van der Waals surface area contributed by atoms with Crippen molar-refractivity contribution in [2.24, 2.45) is 4.99 Å². The van der Waals surface area contributed by atoms with E-state index in [1.54, 1.807) is 13.3 Å². The number of nitrogens with zero attached hydrogens (tertiary/aromatic N) is 3. The molecule has 7 heteroatoms. The third kappa shape index (κ3) is 7.82. The summed E-state index contributed by atoms with van der Waals surface area (Å²) < 4.78 is 10.8. The molecule has 0 bridgehead atoms. The van der Waals surface area contributed by atoms with Crippen LogP contribution in [0.5, 0.6) is 0 Å². The fourth-order valence-corrected chi connectivity index (χ4v) is 3.38. The zero-order chi connectivity index (χ0) is 21.0. The van der Waals surface area contributed by atoms with Gasteiger partial charge in [-0.3, -0.25) is 9.89 Å². The van der Waals surface area contributed by atoms with Crippen LogP contribution in [-0.2, 0) is 24.4 Å². The first kappa shape index (κ1) is 22.3. The minimum absolute atomic E-state index is 0.519. The molecule has 0 saturated carbocycles. The van der Waals surface area contributed by atoms with Crippen LogP contribution in [0.1, 0.15) is 23.3 Å². The number of aliphatic imine (C=N–C) groups is 1. The molecule has 1 saturated heterocycles. The molecular formula is C23H35N5O2. The maximum atomic E-state index is 5.59. The summed E-state index contributed by atoms with van der Waals surface area (Å²) in [6.07, 6.45) is 2.57. The highest BCUT2D eigenvalue weighted by Crippen LogP contribution is 2.09. The molecule has 1 aliphatic heterocycles. The molecule has 1 aromatic carbocycles. The number of hydrogen-bond acceptors (Lipinski definition) is 5. The van der Waals surface area contributed by atoms with E-state index in [0.717, 1.165) is 64.0 Å². The maximum absolute atomic E-state index is 5.59. The normalized spacial score (nSPS) is 16.0. The Morgan fingerprint density at radius 1 is 1.07 bits per heavy atom. The molecule has 0 amide bonds. The highest BCUT2D eigenvalue weighted by molar-refractivity contribution is 5.79. The minimum atomic E-state index is 0.519. The van der Waals surface area contributed by atoms with Crippen molar-refractivity contribution in [3.05, 3.63) is 59.5 Å². The highest BCUT2D eigenvalue weighted by atomic mass is 16.5. The fourth-order valence-electron chi connectivity index (χ4n) is 3.38. The van der Waals surface area contributed by atoms with E-state index in [9.17, 15) is 0 Å². The van der Waals surface area contributed by atoms with Gasteiger partial charge in [-0.1, -0.05) is 24.3 Å². The Hall–Kier alpha value is -2.35. The lowest BCUT2D eigenvalue weighted by atomic mass is 10.1. The van der Waals surface area contributed by atoms with Crippen LogP contribution >= 0.6 is 0 Å². The second kappa shape index (κ2) is 12.4. The van der Waals surface area contributed by atoms with Crippen LogP contribution in [0, 0.1) is 0 Å². The minimum Gasteiger partial charge on any atom is -0.467 e. The van der Waals surface area contributed by atoms with E-state index in [0.29, 0.717) is 13.2 Å². The van der Waals surface area contributed by atoms with E-state index in [-0.39, 0.29) is 0 Å². The molecule has 1 fully saturated rings. The second-order valence-electron chi connectivity index (χ2n) is 7.73. The molecule has 0 atom stereocenters. The molecule has 1 aromatic heterocycles. The largest absolute Gasteiger partial charge is 0.467 e. The summed E-state index contributed by atoms with van der Waals surface area (Å²) in [6.45, 7) is 8.40. The second-order valence-corrected chi connectivity index (χ2v) is 7.73. The van der Waals surface area contributed by atoms with Crippen molar-refractivity contribution in [2.75, 3.05) is 53.4 Å². The molecule has 2 heterocycles. The Labute approximate surface area is 180 Å². The number of benzene rings is 1. The van der Waals surface area contributed by atoms with Crippen molar-refractivity contribution in [2.45, 2.75) is 26.1 Å². The van der Waals surface area contributed by atoms with Gasteiger partial charge < -0.3 is 24.7 Å². The summed E-state index contributed by atoms with van der Waals surface area (Å²) in [5.74, 6) is 1.66. The van der Waals surface area contributed by atoms with Gasteiger partial charge in [0.15, 0.2) is 5.96 Å². The lowest BCUT2D eigenvalue weighted by Gasteiger charge is -2.32. The molecule has 0 spiro atoms. The Kier molecular flexibility index (Phi) is 9.21. The zero-order valence-corrected chi connectivity index (χ0v) is 18.3. The Bertz CT molecular complexity index is 737. The molecule has 2 N–H and O–H groups in total. The monoisotopic (exact) mass is 413 g/mol. The van der Waals surface area contributed by atoms with Crippen LogP contribution in [0.15, 0.2) is 52.1 Å². The van der Waals surface area contributed by atoms with E-state index in [1.807, 2.05) is 12.1 Å². The van der Waals surface area contributed by atoms with Crippen molar-refractivity contribution in [3.8, 4) is 0 Å². The van der Waals surface area contributed by atoms with Gasteiger partial charge in [0.25, 0.3) is 0 Å². The van der Waals surface area contributed by atoms with Crippen LogP contribution < -0.4 is 10.6 Å². The molecule has 1 aliphatic rings. The van der Waals surface area contributed by atoms with Crippen LogP contribution in [0.3, 0.4) is 0 Å². The summed E-state index contributed by atoms with van der Waals surface area (Å²) in [4.78, 5) is 9.20. The van der Waals surface area contributed by atoms with E-state index < -0.39 is 0 Å². The Morgan fingerprint density at radius 2 is 1.83 bits per heavy atom. The smallest absolute Gasteiger partial charge is 0.191 e. The predicted octanol–water partition coefficient (Wildman–Crippen LogP) is 2.30. The van der Waals surface area contributed by atoms with Crippen LogP contribution in [0.2, 0.25) is 0 Å². The lowest BCUT2D eigenvalue weighted by molar-refractivity contribution is 0.105. The number of likely N-dealkylation sites (N-methyl/N-ethyl adjacent to an activating group) is 1. The summed E-state index contributed by atoms with van der Waals surface area (Å²) in [7, 11) is 3.99. The molecular weight excluding hydrogens is 378 g/mol. The molecule has 30 heavy (non-hydrogen) atoms. The number of ether oxygens (including phenoxy) is 1. The van der Waals surface area contributed by atoms with Crippen molar-refractivity contribution >= 4 is 5.96 Å². The third-order valence-corrected chi connectivity index (χ3v) is 5.29. The van der Waals surface area contributed by atoms with Gasteiger partial charge in [0.2, 0.25) is 0 Å². The first-order valence-electron chi connectivity index (χ1n) is 10.8. The maximum Gasteiger partial charge on any atom is 0.191 e. The summed E-state index contributed by atoms with van der Waals surface area (Å²) in [6, 6.07) is 12.7. The van der Waals surface area contributed by atoms with Crippen molar-refractivity contribution in [3.63, 3.8) is 0 Å². The van der Waals surface area contributed by atoms with E-state index in [4.69, 9.17) is 9.15 Å². The third-order valence-electron chi connectivity index (χ3n) is 5.29.